The van der Waals surface area contributed by atoms with E-state index in [1.54, 1.807) is 38.1 Å². The van der Waals surface area contributed by atoms with E-state index >= 15 is 0 Å². The Kier molecular flexibility index (Phi) is 3.90. The minimum Gasteiger partial charge on any atom is -0.494 e. The number of ether oxygens (including phenoxy) is 1. The zero-order chi connectivity index (χ0) is 12.2. The van der Waals surface area contributed by atoms with Gasteiger partial charge in [-0.2, -0.15) is 0 Å². The topological polar surface area (TPSA) is 62.0 Å². The number of nitrogens with zero attached hydrogens (tertiary/aromatic N) is 1. The normalized spacial score (nSPS) is 12.6. The molecule has 0 spiro atoms. The molecule has 0 amide bonds. The average Bonchev–Trinajstić information content (AvgIpc) is 2.20. The third-order valence-electron chi connectivity index (χ3n) is 2.12. The van der Waals surface area contributed by atoms with E-state index in [9.17, 15) is 5.11 Å². The van der Waals surface area contributed by atoms with Crippen molar-refractivity contribution in [1.82, 2.24) is 0 Å². The van der Waals surface area contributed by atoms with Crippen LogP contribution in [-0.2, 0) is 0 Å². The van der Waals surface area contributed by atoms with Crippen LogP contribution < -0.4 is 4.74 Å². The summed E-state index contributed by atoms with van der Waals surface area (Å²) in [6, 6.07) is 7.04. The second kappa shape index (κ2) is 4.99. The molecule has 0 aliphatic heterocycles. The van der Waals surface area contributed by atoms with Gasteiger partial charge in [0.1, 0.15) is 17.1 Å². The standard InChI is InChI=1S/C12H17NO3/c1-4-16-10-7-5-9(6-8-10)11(13-15)12(2,3)14/h5-8,14-15H,4H2,1-3H3/b13-11+. The van der Waals surface area contributed by atoms with Gasteiger partial charge in [0.25, 0.3) is 0 Å². The first-order valence-electron chi connectivity index (χ1n) is 5.17. The lowest BCUT2D eigenvalue weighted by Gasteiger charge is -2.18. The highest BCUT2D eigenvalue weighted by atomic mass is 16.5. The van der Waals surface area contributed by atoms with Crippen LogP contribution in [0.2, 0.25) is 0 Å². The van der Waals surface area contributed by atoms with Gasteiger partial charge in [-0.15, -0.1) is 0 Å². The lowest BCUT2D eigenvalue weighted by molar-refractivity contribution is 0.148. The lowest BCUT2D eigenvalue weighted by Crippen LogP contribution is -2.32. The molecule has 0 unspecified atom stereocenters. The fraction of sp³-hybridized carbons (Fsp3) is 0.417. The van der Waals surface area contributed by atoms with Crippen molar-refractivity contribution < 1.29 is 15.1 Å². The van der Waals surface area contributed by atoms with Crippen molar-refractivity contribution in [3.63, 3.8) is 0 Å². The zero-order valence-electron chi connectivity index (χ0n) is 9.77. The van der Waals surface area contributed by atoms with Gasteiger partial charge in [-0.05, 0) is 45.0 Å². The monoisotopic (exact) mass is 223 g/mol. The van der Waals surface area contributed by atoms with Crippen LogP contribution in [0.4, 0.5) is 0 Å². The molecule has 0 radical (unpaired) electrons. The van der Waals surface area contributed by atoms with Gasteiger partial charge in [0, 0.05) is 5.56 Å². The minimum absolute atomic E-state index is 0.232. The molecule has 0 saturated heterocycles. The summed E-state index contributed by atoms with van der Waals surface area (Å²) in [5.41, 5.74) is -0.281. The number of rotatable bonds is 4. The Morgan fingerprint density at radius 2 is 1.88 bits per heavy atom. The summed E-state index contributed by atoms with van der Waals surface area (Å²) in [5.74, 6) is 0.749. The van der Waals surface area contributed by atoms with Crippen LogP contribution in [0.3, 0.4) is 0 Å². The van der Waals surface area contributed by atoms with E-state index in [0.29, 0.717) is 12.2 Å². The second-order valence-corrected chi connectivity index (χ2v) is 3.97. The Labute approximate surface area is 95.2 Å². The summed E-state index contributed by atoms with van der Waals surface area (Å²) in [4.78, 5) is 0. The molecule has 1 rings (SSSR count). The Hall–Kier alpha value is -1.55. The first-order chi connectivity index (χ1) is 7.49. The smallest absolute Gasteiger partial charge is 0.119 e. The van der Waals surface area contributed by atoms with Crippen LogP contribution in [0, 0.1) is 0 Å². The van der Waals surface area contributed by atoms with Crippen molar-refractivity contribution in [2.75, 3.05) is 6.61 Å². The molecule has 4 nitrogen and oxygen atoms in total. The van der Waals surface area contributed by atoms with E-state index in [4.69, 9.17) is 9.94 Å². The maximum absolute atomic E-state index is 9.78. The predicted molar refractivity (Wildman–Crippen MR) is 62.2 cm³/mol. The second-order valence-electron chi connectivity index (χ2n) is 3.97. The van der Waals surface area contributed by atoms with Crippen LogP contribution in [-0.4, -0.2) is 28.2 Å². The summed E-state index contributed by atoms with van der Waals surface area (Å²) in [5, 5.41) is 21.8. The van der Waals surface area contributed by atoms with E-state index in [-0.39, 0.29) is 5.71 Å². The fourth-order valence-corrected chi connectivity index (χ4v) is 1.41. The van der Waals surface area contributed by atoms with E-state index in [1.807, 2.05) is 6.92 Å². The third kappa shape index (κ3) is 2.97. The molecule has 16 heavy (non-hydrogen) atoms. The van der Waals surface area contributed by atoms with Gasteiger partial charge in [0.15, 0.2) is 0 Å². The largest absolute Gasteiger partial charge is 0.494 e. The molecule has 0 fully saturated rings. The first kappa shape index (κ1) is 12.5. The van der Waals surface area contributed by atoms with Crippen molar-refractivity contribution in [3.05, 3.63) is 29.8 Å². The number of hydrogen-bond acceptors (Lipinski definition) is 4. The molecule has 0 aromatic heterocycles. The molecule has 1 aromatic carbocycles. The number of benzene rings is 1. The number of aliphatic hydroxyl groups is 1. The van der Waals surface area contributed by atoms with Gasteiger partial charge in [0.05, 0.1) is 6.61 Å². The predicted octanol–water partition coefficient (Wildman–Crippen LogP) is 2.03. The van der Waals surface area contributed by atoms with Gasteiger partial charge in [-0.3, -0.25) is 0 Å². The molecule has 1 aromatic rings. The van der Waals surface area contributed by atoms with E-state index < -0.39 is 5.60 Å². The van der Waals surface area contributed by atoms with Crippen molar-refractivity contribution in [3.8, 4) is 5.75 Å². The van der Waals surface area contributed by atoms with Crippen molar-refractivity contribution >= 4 is 5.71 Å². The third-order valence-corrected chi connectivity index (χ3v) is 2.12. The fourth-order valence-electron chi connectivity index (χ4n) is 1.41. The highest BCUT2D eigenvalue weighted by Crippen LogP contribution is 2.17. The Balaban J connectivity index is 2.97. The van der Waals surface area contributed by atoms with Gasteiger partial charge in [-0.1, -0.05) is 5.16 Å². The molecule has 4 heteroatoms. The quantitative estimate of drug-likeness (QED) is 0.466. The first-order valence-corrected chi connectivity index (χ1v) is 5.17. The SMILES string of the molecule is CCOc1ccc(/C(=N\O)C(C)(C)O)cc1. The van der Waals surface area contributed by atoms with Crippen LogP contribution in [0.25, 0.3) is 0 Å². The number of hydrogen-bond donors (Lipinski definition) is 2. The lowest BCUT2D eigenvalue weighted by atomic mass is 9.96. The molecule has 0 saturated carbocycles. The van der Waals surface area contributed by atoms with Crippen molar-refractivity contribution in [2.24, 2.45) is 5.16 Å². The van der Waals surface area contributed by atoms with Crippen LogP contribution in [0.15, 0.2) is 29.4 Å². The zero-order valence-corrected chi connectivity index (χ0v) is 9.77. The average molecular weight is 223 g/mol. The molecular formula is C12H17NO3. The molecule has 88 valence electrons. The highest BCUT2D eigenvalue weighted by Gasteiger charge is 2.23. The summed E-state index contributed by atoms with van der Waals surface area (Å²) in [7, 11) is 0. The molecule has 0 heterocycles. The maximum Gasteiger partial charge on any atom is 0.119 e. The number of oxime groups is 1. The Morgan fingerprint density at radius 3 is 2.25 bits per heavy atom. The Morgan fingerprint density at radius 1 is 1.31 bits per heavy atom. The molecule has 0 bridgehead atoms. The van der Waals surface area contributed by atoms with E-state index in [2.05, 4.69) is 5.16 Å². The Bertz CT molecular complexity index is 363. The van der Waals surface area contributed by atoms with E-state index in [1.165, 1.54) is 0 Å². The van der Waals surface area contributed by atoms with Gasteiger partial charge < -0.3 is 15.1 Å². The van der Waals surface area contributed by atoms with Crippen LogP contribution in [0.1, 0.15) is 26.3 Å². The highest BCUT2D eigenvalue weighted by molar-refractivity contribution is 6.05. The van der Waals surface area contributed by atoms with Crippen LogP contribution >= 0.6 is 0 Å². The molecule has 0 aliphatic carbocycles. The summed E-state index contributed by atoms with van der Waals surface area (Å²) in [6.45, 7) is 5.65. The van der Waals surface area contributed by atoms with E-state index in [0.717, 1.165) is 5.75 Å². The van der Waals surface area contributed by atoms with Crippen molar-refractivity contribution in [1.29, 1.82) is 0 Å². The van der Waals surface area contributed by atoms with Gasteiger partial charge in [0.2, 0.25) is 0 Å². The minimum atomic E-state index is -1.18. The van der Waals surface area contributed by atoms with Crippen molar-refractivity contribution in [2.45, 2.75) is 26.4 Å². The summed E-state index contributed by atoms with van der Waals surface area (Å²) >= 11 is 0. The maximum atomic E-state index is 9.78. The molecule has 2 N–H and O–H groups in total. The van der Waals surface area contributed by atoms with Crippen LogP contribution in [0.5, 0.6) is 5.75 Å². The molecular weight excluding hydrogens is 206 g/mol. The molecule has 0 aliphatic rings. The molecule has 0 atom stereocenters. The van der Waals surface area contributed by atoms with Gasteiger partial charge in [-0.25, -0.2) is 0 Å². The summed E-state index contributed by atoms with van der Waals surface area (Å²) < 4.78 is 5.29. The van der Waals surface area contributed by atoms with Gasteiger partial charge >= 0.3 is 0 Å². The summed E-state index contributed by atoms with van der Waals surface area (Å²) in [6.07, 6.45) is 0.